The van der Waals surface area contributed by atoms with Gasteiger partial charge >= 0.3 is 12.2 Å². The molecule has 0 aliphatic carbocycles. The van der Waals surface area contributed by atoms with Crippen LogP contribution in [0.4, 0.5) is 9.59 Å². The van der Waals surface area contributed by atoms with Crippen LogP contribution < -0.4 is 0 Å². The summed E-state index contributed by atoms with van der Waals surface area (Å²) in [4.78, 5) is 51.6. The summed E-state index contributed by atoms with van der Waals surface area (Å²) in [5, 5.41) is 0. The zero-order chi connectivity index (χ0) is 22.7. The highest BCUT2D eigenvalue weighted by Gasteiger charge is 2.34. The zero-order valence-electron chi connectivity index (χ0n) is 18.2. The maximum absolute atomic E-state index is 12.4. The average molecular weight is 416 g/mol. The van der Waals surface area contributed by atoms with Gasteiger partial charge in [0.05, 0.1) is 17.7 Å². The van der Waals surface area contributed by atoms with Gasteiger partial charge in [-0.15, -0.1) is 0 Å². The summed E-state index contributed by atoms with van der Waals surface area (Å²) < 4.78 is 10.6. The Morgan fingerprint density at radius 3 is 1.70 bits per heavy atom. The molecule has 0 saturated heterocycles. The Morgan fingerprint density at radius 1 is 0.867 bits per heavy atom. The monoisotopic (exact) mass is 416 g/mol. The van der Waals surface area contributed by atoms with Gasteiger partial charge in [0.15, 0.2) is 0 Å². The lowest BCUT2D eigenvalue weighted by Crippen LogP contribution is -2.43. The van der Waals surface area contributed by atoms with Crippen molar-refractivity contribution in [3.63, 3.8) is 0 Å². The largest absolute Gasteiger partial charge is 0.443 e. The molecule has 0 spiro atoms. The third kappa shape index (κ3) is 5.92. The Labute approximate surface area is 176 Å². The Bertz CT molecular complexity index is 813. The molecular formula is C22H28N2O6. The Balaban J connectivity index is 2.06. The number of carbonyl (C=O) groups excluding carboxylic acids is 4. The molecule has 0 unspecified atom stereocenters. The van der Waals surface area contributed by atoms with Gasteiger partial charge in [0.25, 0.3) is 11.8 Å². The van der Waals surface area contributed by atoms with Gasteiger partial charge < -0.3 is 9.47 Å². The minimum Gasteiger partial charge on any atom is -0.443 e. The van der Waals surface area contributed by atoms with Crippen molar-refractivity contribution in [2.45, 2.75) is 52.7 Å². The SMILES string of the molecule is CC(C)(C)OC(=O)N(C/C=C/CN1C(=O)c2ccccc2C1=O)C(=O)OC(C)(C)C. The number of rotatable bonds is 4. The lowest BCUT2D eigenvalue weighted by molar-refractivity contribution is 0.00364. The molecule has 2 rings (SSSR count). The van der Waals surface area contributed by atoms with E-state index in [1.807, 2.05) is 0 Å². The minimum atomic E-state index is -0.845. The van der Waals surface area contributed by atoms with Crippen molar-refractivity contribution >= 4 is 24.0 Å². The van der Waals surface area contributed by atoms with E-state index in [-0.39, 0.29) is 24.9 Å². The molecule has 1 heterocycles. The van der Waals surface area contributed by atoms with E-state index in [1.54, 1.807) is 71.9 Å². The van der Waals surface area contributed by atoms with Crippen molar-refractivity contribution in [3.05, 3.63) is 47.5 Å². The quantitative estimate of drug-likeness (QED) is 0.544. The van der Waals surface area contributed by atoms with Crippen LogP contribution in [0.25, 0.3) is 0 Å². The van der Waals surface area contributed by atoms with Gasteiger partial charge in [0, 0.05) is 6.54 Å². The lowest BCUT2D eigenvalue weighted by Gasteiger charge is -2.28. The number of fused-ring (bicyclic) bond motifs is 1. The first-order chi connectivity index (χ1) is 13.8. The van der Waals surface area contributed by atoms with E-state index in [0.717, 1.165) is 9.80 Å². The van der Waals surface area contributed by atoms with Crippen LogP contribution >= 0.6 is 0 Å². The highest BCUT2D eigenvalue weighted by atomic mass is 16.6. The van der Waals surface area contributed by atoms with Gasteiger partial charge in [0.1, 0.15) is 11.2 Å². The van der Waals surface area contributed by atoms with Crippen LogP contribution in [0, 0.1) is 0 Å². The molecule has 1 aliphatic rings. The molecule has 0 aromatic heterocycles. The van der Waals surface area contributed by atoms with Gasteiger partial charge in [-0.2, -0.15) is 0 Å². The molecule has 1 aliphatic heterocycles. The smallest absolute Gasteiger partial charge is 0.420 e. The normalized spacial score (nSPS) is 14.1. The second-order valence-electron chi connectivity index (χ2n) is 8.81. The van der Waals surface area contributed by atoms with E-state index in [1.165, 1.54) is 6.08 Å². The minimum absolute atomic E-state index is 0.0167. The number of benzene rings is 1. The van der Waals surface area contributed by atoms with E-state index >= 15 is 0 Å². The van der Waals surface area contributed by atoms with Crippen LogP contribution in [0.3, 0.4) is 0 Å². The first kappa shape index (κ1) is 23.1. The standard InChI is InChI=1S/C22H28N2O6/c1-21(2,3)29-19(27)24(20(28)30-22(4,5)6)14-10-9-13-23-17(25)15-11-7-8-12-16(15)18(23)26/h7-12H,13-14H2,1-6H3/b10-9+. The van der Waals surface area contributed by atoms with Crippen LogP contribution in [-0.4, -0.2) is 58.1 Å². The summed E-state index contributed by atoms with van der Waals surface area (Å²) in [5.41, 5.74) is -0.859. The fourth-order valence-corrected chi connectivity index (χ4v) is 2.62. The summed E-state index contributed by atoms with van der Waals surface area (Å²) in [6, 6.07) is 6.60. The molecule has 8 heteroatoms. The van der Waals surface area contributed by atoms with Crippen molar-refractivity contribution in [1.29, 1.82) is 0 Å². The fraction of sp³-hybridized carbons (Fsp3) is 0.455. The molecule has 1 aromatic rings. The Hall–Kier alpha value is -3.16. The predicted octanol–water partition coefficient (Wildman–Crippen LogP) is 4.01. The predicted molar refractivity (Wildman–Crippen MR) is 110 cm³/mol. The summed E-state index contributed by atoms with van der Waals surface area (Å²) in [5.74, 6) is -0.757. The van der Waals surface area contributed by atoms with Crippen molar-refractivity contribution in [2.75, 3.05) is 13.1 Å². The molecule has 162 valence electrons. The number of hydrogen-bond donors (Lipinski definition) is 0. The van der Waals surface area contributed by atoms with Gasteiger partial charge in [-0.05, 0) is 53.7 Å². The van der Waals surface area contributed by atoms with E-state index in [4.69, 9.17) is 9.47 Å². The van der Waals surface area contributed by atoms with Crippen molar-refractivity contribution in [3.8, 4) is 0 Å². The molecule has 1 aromatic carbocycles. The van der Waals surface area contributed by atoms with Crippen LogP contribution in [-0.2, 0) is 9.47 Å². The zero-order valence-corrected chi connectivity index (χ0v) is 18.2. The molecule has 4 amide bonds. The molecule has 0 fully saturated rings. The van der Waals surface area contributed by atoms with Gasteiger partial charge in [0.2, 0.25) is 0 Å². The van der Waals surface area contributed by atoms with Crippen LogP contribution in [0.5, 0.6) is 0 Å². The highest BCUT2D eigenvalue weighted by Crippen LogP contribution is 2.22. The first-order valence-corrected chi connectivity index (χ1v) is 9.64. The summed E-state index contributed by atoms with van der Waals surface area (Å²) in [7, 11) is 0. The van der Waals surface area contributed by atoms with E-state index in [2.05, 4.69) is 0 Å². The maximum atomic E-state index is 12.4. The molecule has 0 bridgehead atoms. The lowest BCUT2D eigenvalue weighted by atomic mass is 10.1. The number of hydrogen-bond acceptors (Lipinski definition) is 6. The van der Waals surface area contributed by atoms with Crippen molar-refractivity contribution in [1.82, 2.24) is 9.80 Å². The number of imide groups is 2. The van der Waals surface area contributed by atoms with Gasteiger partial charge in [-0.1, -0.05) is 24.3 Å². The number of ether oxygens (including phenoxy) is 2. The third-order valence-electron chi connectivity index (χ3n) is 3.85. The van der Waals surface area contributed by atoms with Gasteiger partial charge in [-0.3, -0.25) is 14.5 Å². The number of nitrogens with zero attached hydrogens (tertiary/aromatic N) is 2. The summed E-state index contributed by atoms with van der Waals surface area (Å²) in [6.45, 7) is 10.0. The van der Waals surface area contributed by atoms with Crippen LogP contribution in [0.15, 0.2) is 36.4 Å². The second-order valence-corrected chi connectivity index (χ2v) is 8.81. The molecule has 30 heavy (non-hydrogen) atoms. The third-order valence-corrected chi connectivity index (χ3v) is 3.85. The molecule has 0 radical (unpaired) electrons. The molecule has 0 saturated carbocycles. The highest BCUT2D eigenvalue weighted by molar-refractivity contribution is 6.21. The fourth-order valence-electron chi connectivity index (χ4n) is 2.62. The average Bonchev–Trinajstić information content (AvgIpc) is 2.83. The van der Waals surface area contributed by atoms with E-state index in [9.17, 15) is 19.2 Å². The molecule has 0 atom stereocenters. The summed E-state index contributed by atoms with van der Waals surface area (Å²) in [6.07, 6.45) is 1.37. The summed E-state index contributed by atoms with van der Waals surface area (Å²) >= 11 is 0. The van der Waals surface area contributed by atoms with Crippen LogP contribution in [0.1, 0.15) is 62.3 Å². The Morgan fingerprint density at radius 2 is 1.30 bits per heavy atom. The van der Waals surface area contributed by atoms with Gasteiger partial charge in [-0.25, -0.2) is 14.5 Å². The Kier molecular flexibility index (Phi) is 6.70. The maximum Gasteiger partial charge on any atom is 0.420 e. The van der Waals surface area contributed by atoms with E-state index in [0.29, 0.717) is 11.1 Å². The number of carbonyl (C=O) groups is 4. The first-order valence-electron chi connectivity index (χ1n) is 9.64. The van der Waals surface area contributed by atoms with E-state index < -0.39 is 23.4 Å². The molecule has 8 nitrogen and oxygen atoms in total. The van der Waals surface area contributed by atoms with Crippen molar-refractivity contribution in [2.24, 2.45) is 0 Å². The molecular weight excluding hydrogens is 388 g/mol. The second kappa shape index (κ2) is 8.69. The van der Waals surface area contributed by atoms with Crippen molar-refractivity contribution < 1.29 is 28.7 Å². The molecule has 0 N–H and O–H groups in total. The van der Waals surface area contributed by atoms with Crippen LogP contribution in [0.2, 0.25) is 0 Å². The topological polar surface area (TPSA) is 93.2 Å². The number of amides is 4.